The number of aromatic nitrogens is 1. The van der Waals surface area contributed by atoms with Gasteiger partial charge in [-0.25, -0.2) is 0 Å². The zero-order valence-corrected chi connectivity index (χ0v) is 6.16. The minimum Gasteiger partial charge on any atom is -0.301 e. The Morgan fingerprint density at radius 3 is 3.27 bits per heavy atom. The van der Waals surface area contributed by atoms with Crippen molar-refractivity contribution in [3.8, 4) is 0 Å². The van der Waals surface area contributed by atoms with E-state index >= 15 is 0 Å². The van der Waals surface area contributed by atoms with Gasteiger partial charge in [0, 0.05) is 12.4 Å². The van der Waals surface area contributed by atoms with Crippen molar-refractivity contribution in [2.24, 2.45) is 0 Å². The van der Waals surface area contributed by atoms with E-state index < -0.39 is 0 Å². The molecule has 11 heavy (non-hydrogen) atoms. The summed E-state index contributed by atoms with van der Waals surface area (Å²) in [5.74, 6) is 0. The van der Waals surface area contributed by atoms with Crippen LogP contribution in [0, 0.1) is 0 Å². The van der Waals surface area contributed by atoms with E-state index in [-0.39, 0.29) is 0 Å². The maximum Gasteiger partial charge on any atom is 0.0701 e. The number of hydrogen-bond acceptors (Lipinski definition) is 3. The highest BCUT2D eigenvalue weighted by atomic mass is 16.7. The quantitative estimate of drug-likeness (QED) is 0.649. The van der Waals surface area contributed by atoms with Crippen molar-refractivity contribution in [1.82, 2.24) is 10.5 Å². The molecule has 2 rings (SSSR count). The first kappa shape index (κ1) is 6.76. The van der Waals surface area contributed by atoms with Gasteiger partial charge in [-0.05, 0) is 18.1 Å². The molecule has 2 heterocycles. The van der Waals surface area contributed by atoms with Crippen LogP contribution in [-0.4, -0.2) is 11.6 Å². The average molecular weight is 150 g/mol. The van der Waals surface area contributed by atoms with Gasteiger partial charge in [0.25, 0.3) is 0 Å². The highest BCUT2D eigenvalue weighted by Gasteiger charge is 2.16. The minimum atomic E-state index is 0.337. The monoisotopic (exact) mass is 150 g/mol. The number of hydroxylamine groups is 1. The van der Waals surface area contributed by atoms with Gasteiger partial charge >= 0.3 is 0 Å². The fourth-order valence-corrected chi connectivity index (χ4v) is 1.21. The molecule has 1 atom stereocenters. The predicted octanol–water partition coefficient (Wildman–Crippen LogP) is 1.05. The topological polar surface area (TPSA) is 34.1 Å². The Hall–Kier alpha value is -0.930. The van der Waals surface area contributed by atoms with Crippen molar-refractivity contribution in [1.29, 1.82) is 0 Å². The third-order valence-electron chi connectivity index (χ3n) is 1.82. The van der Waals surface area contributed by atoms with Crippen molar-refractivity contribution in [2.45, 2.75) is 12.5 Å². The normalized spacial score (nSPS) is 23.8. The molecule has 0 unspecified atom stereocenters. The van der Waals surface area contributed by atoms with Gasteiger partial charge < -0.3 is 4.84 Å². The van der Waals surface area contributed by atoms with Gasteiger partial charge in [-0.2, -0.15) is 5.48 Å². The molecule has 0 aromatic carbocycles. The number of rotatable bonds is 1. The third-order valence-corrected chi connectivity index (χ3v) is 1.82. The molecule has 0 aliphatic carbocycles. The highest BCUT2D eigenvalue weighted by Crippen LogP contribution is 2.18. The summed E-state index contributed by atoms with van der Waals surface area (Å²) in [6.07, 6.45) is 4.68. The summed E-state index contributed by atoms with van der Waals surface area (Å²) in [7, 11) is 0. The van der Waals surface area contributed by atoms with Crippen LogP contribution in [0.3, 0.4) is 0 Å². The van der Waals surface area contributed by atoms with Crippen LogP contribution >= 0.6 is 0 Å². The molecule has 58 valence electrons. The Morgan fingerprint density at radius 1 is 1.64 bits per heavy atom. The summed E-state index contributed by atoms with van der Waals surface area (Å²) >= 11 is 0. The number of nitrogens with one attached hydrogen (secondary N) is 1. The first-order valence-corrected chi connectivity index (χ1v) is 3.74. The summed E-state index contributed by atoms with van der Waals surface area (Å²) < 4.78 is 0. The van der Waals surface area contributed by atoms with Crippen LogP contribution in [0.4, 0.5) is 0 Å². The first-order chi connectivity index (χ1) is 5.47. The number of pyridine rings is 1. The standard InChI is InChI=1S/C8H10N2O/c1-2-7(6-9-4-1)8-3-5-11-10-8/h1-2,4,6,8,10H,3,5H2/t8-/m0/s1. The fraction of sp³-hybridized carbons (Fsp3) is 0.375. The molecular formula is C8H10N2O. The summed E-state index contributed by atoms with van der Waals surface area (Å²) in [6, 6.07) is 4.33. The molecule has 3 heteroatoms. The molecule has 1 aromatic heterocycles. The molecule has 1 aliphatic rings. The van der Waals surface area contributed by atoms with Crippen LogP contribution in [-0.2, 0) is 4.84 Å². The van der Waals surface area contributed by atoms with Gasteiger partial charge in [-0.1, -0.05) is 6.07 Å². The van der Waals surface area contributed by atoms with Gasteiger partial charge in [0.2, 0.25) is 0 Å². The molecule has 1 N–H and O–H groups in total. The van der Waals surface area contributed by atoms with Crippen molar-refractivity contribution < 1.29 is 4.84 Å². The molecule has 0 spiro atoms. The lowest BCUT2D eigenvalue weighted by atomic mass is 10.1. The van der Waals surface area contributed by atoms with E-state index in [2.05, 4.69) is 16.5 Å². The molecule has 0 radical (unpaired) electrons. The van der Waals surface area contributed by atoms with Crippen molar-refractivity contribution >= 4 is 0 Å². The zero-order chi connectivity index (χ0) is 7.52. The minimum absolute atomic E-state index is 0.337. The Morgan fingerprint density at radius 2 is 2.64 bits per heavy atom. The maximum atomic E-state index is 5.03. The van der Waals surface area contributed by atoms with Crippen LogP contribution in [0.1, 0.15) is 18.0 Å². The highest BCUT2D eigenvalue weighted by molar-refractivity contribution is 5.13. The van der Waals surface area contributed by atoms with E-state index in [4.69, 9.17) is 4.84 Å². The molecule has 1 aliphatic heterocycles. The molecule has 1 saturated heterocycles. The van der Waals surface area contributed by atoms with Crippen molar-refractivity contribution in [2.75, 3.05) is 6.61 Å². The molecular weight excluding hydrogens is 140 g/mol. The molecule has 0 bridgehead atoms. The third kappa shape index (κ3) is 1.39. The average Bonchev–Trinajstić information content (AvgIpc) is 2.58. The summed E-state index contributed by atoms with van der Waals surface area (Å²) in [5.41, 5.74) is 4.13. The number of hydrogen-bond donors (Lipinski definition) is 1. The fourth-order valence-electron chi connectivity index (χ4n) is 1.21. The Kier molecular flexibility index (Phi) is 1.83. The lowest BCUT2D eigenvalue weighted by Crippen LogP contribution is -2.11. The van der Waals surface area contributed by atoms with E-state index in [1.165, 1.54) is 5.56 Å². The van der Waals surface area contributed by atoms with Crippen LogP contribution in [0.5, 0.6) is 0 Å². The van der Waals surface area contributed by atoms with Crippen molar-refractivity contribution in [3.63, 3.8) is 0 Å². The molecule has 0 amide bonds. The summed E-state index contributed by atoms with van der Waals surface area (Å²) in [5, 5.41) is 0. The Balaban J connectivity index is 2.16. The van der Waals surface area contributed by atoms with Crippen molar-refractivity contribution in [3.05, 3.63) is 30.1 Å². The van der Waals surface area contributed by atoms with Gasteiger partial charge in [0.1, 0.15) is 0 Å². The van der Waals surface area contributed by atoms with Crippen LogP contribution in [0.15, 0.2) is 24.5 Å². The summed E-state index contributed by atoms with van der Waals surface area (Å²) in [6.45, 7) is 0.791. The lowest BCUT2D eigenvalue weighted by Gasteiger charge is -2.06. The van der Waals surface area contributed by atoms with Gasteiger partial charge in [0.05, 0.1) is 12.6 Å². The van der Waals surface area contributed by atoms with Crippen LogP contribution < -0.4 is 5.48 Å². The van der Waals surface area contributed by atoms with Crippen LogP contribution in [0.25, 0.3) is 0 Å². The van der Waals surface area contributed by atoms with E-state index in [0.29, 0.717) is 6.04 Å². The smallest absolute Gasteiger partial charge is 0.0701 e. The van der Waals surface area contributed by atoms with Gasteiger partial charge in [0.15, 0.2) is 0 Å². The molecule has 1 aromatic rings. The molecule has 3 nitrogen and oxygen atoms in total. The SMILES string of the molecule is c1cncc([C@@H]2CCON2)c1. The Bertz CT molecular complexity index is 219. The van der Waals surface area contributed by atoms with Gasteiger partial charge in [-0.3, -0.25) is 4.98 Å². The number of nitrogens with zero attached hydrogens (tertiary/aromatic N) is 1. The van der Waals surface area contributed by atoms with E-state index in [1.807, 2.05) is 12.3 Å². The largest absolute Gasteiger partial charge is 0.301 e. The second kappa shape index (κ2) is 2.98. The maximum absolute atomic E-state index is 5.03. The van der Waals surface area contributed by atoms with Crippen LogP contribution in [0.2, 0.25) is 0 Å². The predicted molar refractivity (Wildman–Crippen MR) is 40.7 cm³/mol. The second-order valence-corrected chi connectivity index (χ2v) is 2.59. The van der Waals surface area contributed by atoms with Gasteiger partial charge in [-0.15, -0.1) is 0 Å². The molecule has 0 saturated carbocycles. The van der Waals surface area contributed by atoms with E-state index in [9.17, 15) is 0 Å². The first-order valence-electron chi connectivity index (χ1n) is 3.74. The zero-order valence-electron chi connectivity index (χ0n) is 6.16. The van der Waals surface area contributed by atoms with E-state index in [0.717, 1.165) is 13.0 Å². The molecule has 1 fully saturated rings. The van der Waals surface area contributed by atoms with E-state index in [1.54, 1.807) is 6.20 Å². The Labute approximate surface area is 65.4 Å². The lowest BCUT2D eigenvalue weighted by molar-refractivity contribution is 0.0882. The second-order valence-electron chi connectivity index (χ2n) is 2.59. The summed E-state index contributed by atoms with van der Waals surface area (Å²) in [4.78, 5) is 9.07.